The second-order valence-corrected chi connectivity index (χ2v) is 6.12. The summed E-state index contributed by atoms with van der Waals surface area (Å²) in [6, 6.07) is 3.77. The lowest BCUT2D eigenvalue weighted by atomic mass is 10.1. The first-order valence-electron chi connectivity index (χ1n) is 5.35. The van der Waals surface area contributed by atoms with E-state index in [0.717, 1.165) is 6.07 Å². The van der Waals surface area contributed by atoms with Crippen LogP contribution in [-0.2, 0) is 9.84 Å². The van der Waals surface area contributed by atoms with Crippen LogP contribution in [0, 0.1) is 0 Å². The van der Waals surface area contributed by atoms with Gasteiger partial charge in [-0.15, -0.1) is 0 Å². The van der Waals surface area contributed by atoms with Crippen molar-refractivity contribution in [3.8, 4) is 0 Å². The van der Waals surface area contributed by atoms with E-state index in [-0.39, 0.29) is 34.0 Å². The van der Waals surface area contributed by atoms with E-state index in [0.29, 0.717) is 0 Å². The Kier molecular flexibility index (Phi) is 3.11. The van der Waals surface area contributed by atoms with Gasteiger partial charge in [0.1, 0.15) is 0 Å². The minimum Gasteiger partial charge on any atom is -0.370 e. The van der Waals surface area contributed by atoms with E-state index < -0.39 is 21.7 Å². The molecule has 0 aromatic heterocycles. The molecule has 0 saturated heterocycles. The third kappa shape index (κ3) is 2.48. The summed E-state index contributed by atoms with van der Waals surface area (Å²) in [4.78, 5) is 26.4. The molecule has 0 atom stereocenters. The molecule has 2 rings (SSSR count). The molecule has 1 aliphatic rings. The van der Waals surface area contributed by atoms with E-state index in [1.165, 1.54) is 12.1 Å². The number of aliphatic imine (C=N–C) groups is 1. The van der Waals surface area contributed by atoms with Crippen LogP contribution in [0.4, 0.5) is 0 Å². The number of fused-ring (bicyclic) bond motifs is 1. The van der Waals surface area contributed by atoms with Gasteiger partial charge in [0, 0.05) is 17.5 Å². The molecule has 100 valence electrons. The maximum Gasteiger partial charge on any atom is 0.280 e. The van der Waals surface area contributed by atoms with Gasteiger partial charge < -0.3 is 11.5 Å². The average Bonchev–Trinajstić information content (AvgIpc) is 2.33. The van der Waals surface area contributed by atoms with Gasteiger partial charge in [-0.25, -0.2) is 8.42 Å². The van der Waals surface area contributed by atoms with Crippen molar-refractivity contribution >= 4 is 27.5 Å². The third-order valence-corrected chi connectivity index (χ3v) is 4.44. The zero-order chi connectivity index (χ0) is 14.2. The van der Waals surface area contributed by atoms with Gasteiger partial charge in [0.15, 0.2) is 21.6 Å². The summed E-state index contributed by atoms with van der Waals surface area (Å²) in [6.07, 6.45) is -0.0451. The summed E-state index contributed by atoms with van der Waals surface area (Å²) >= 11 is 0. The highest BCUT2D eigenvalue weighted by molar-refractivity contribution is 7.91. The topological polar surface area (TPSA) is 133 Å². The SMILES string of the molecule is NC(N)=NC(=O)c1ccc2c(c1)S(=O)(=O)CCC2=O. The van der Waals surface area contributed by atoms with E-state index >= 15 is 0 Å². The van der Waals surface area contributed by atoms with Crippen LogP contribution in [0.25, 0.3) is 0 Å². The van der Waals surface area contributed by atoms with Gasteiger partial charge in [0.05, 0.1) is 10.6 Å². The summed E-state index contributed by atoms with van der Waals surface area (Å²) in [7, 11) is -3.54. The molecule has 0 aliphatic carbocycles. The van der Waals surface area contributed by atoms with E-state index in [4.69, 9.17) is 11.5 Å². The number of benzene rings is 1. The van der Waals surface area contributed by atoms with Crippen molar-refractivity contribution < 1.29 is 18.0 Å². The number of rotatable bonds is 1. The highest BCUT2D eigenvalue weighted by Crippen LogP contribution is 2.26. The van der Waals surface area contributed by atoms with Crippen LogP contribution in [-0.4, -0.2) is 31.8 Å². The van der Waals surface area contributed by atoms with E-state index in [2.05, 4.69) is 4.99 Å². The molecule has 8 heteroatoms. The van der Waals surface area contributed by atoms with Crippen molar-refractivity contribution in [2.75, 3.05) is 5.75 Å². The van der Waals surface area contributed by atoms with Crippen molar-refractivity contribution in [2.24, 2.45) is 16.5 Å². The Morgan fingerprint density at radius 1 is 1.26 bits per heavy atom. The van der Waals surface area contributed by atoms with E-state index in [1.54, 1.807) is 0 Å². The number of carbonyl (C=O) groups is 2. The van der Waals surface area contributed by atoms with Crippen molar-refractivity contribution in [3.63, 3.8) is 0 Å². The summed E-state index contributed by atoms with van der Waals surface area (Å²) in [6.45, 7) is 0. The predicted octanol–water partition coefficient (Wildman–Crippen LogP) is -0.540. The Morgan fingerprint density at radius 2 is 1.95 bits per heavy atom. The molecule has 0 radical (unpaired) electrons. The molecule has 19 heavy (non-hydrogen) atoms. The van der Waals surface area contributed by atoms with Gasteiger partial charge in [-0.05, 0) is 18.2 Å². The lowest BCUT2D eigenvalue weighted by molar-refractivity contribution is 0.0976. The average molecular weight is 281 g/mol. The normalized spacial score (nSPS) is 16.5. The third-order valence-electron chi connectivity index (χ3n) is 2.69. The van der Waals surface area contributed by atoms with Gasteiger partial charge in [-0.3, -0.25) is 9.59 Å². The number of sulfone groups is 1. The number of nitrogens with two attached hydrogens (primary N) is 2. The van der Waals surface area contributed by atoms with Crippen LogP contribution < -0.4 is 11.5 Å². The second kappa shape index (κ2) is 4.47. The fourth-order valence-corrected chi connectivity index (χ4v) is 3.29. The number of guanidine groups is 1. The van der Waals surface area contributed by atoms with Crippen LogP contribution >= 0.6 is 0 Å². The van der Waals surface area contributed by atoms with Gasteiger partial charge in [-0.2, -0.15) is 4.99 Å². The number of amides is 1. The summed E-state index contributed by atoms with van der Waals surface area (Å²) in [5.74, 6) is -1.68. The number of Topliss-reactive ketones (excluding diaryl/α,β-unsaturated/α-hetero) is 1. The molecule has 0 unspecified atom stereocenters. The molecule has 1 aliphatic heterocycles. The van der Waals surface area contributed by atoms with Crippen LogP contribution in [0.3, 0.4) is 0 Å². The molecule has 0 saturated carbocycles. The molecular formula is C11H11N3O4S. The lowest BCUT2D eigenvalue weighted by Crippen LogP contribution is -2.25. The zero-order valence-electron chi connectivity index (χ0n) is 9.79. The van der Waals surface area contributed by atoms with Crippen molar-refractivity contribution in [3.05, 3.63) is 29.3 Å². The second-order valence-electron chi connectivity index (χ2n) is 4.04. The number of nitrogens with zero attached hydrogens (tertiary/aromatic N) is 1. The molecule has 7 nitrogen and oxygen atoms in total. The minimum absolute atomic E-state index is 0.0189. The number of hydrogen-bond acceptors (Lipinski definition) is 4. The highest BCUT2D eigenvalue weighted by atomic mass is 32.2. The number of carbonyl (C=O) groups excluding carboxylic acids is 2. The number of ketones is 1. The highest BCUT2D eigenvalue weighted by Gasteiger charge is 2.29. The molecule has 1 aromatic carbocycles. The van der Waals surface area contributed by atoms with Gasteiger partial charge in [-0.1, -0.05) is 0 Å². The van der Waals surface area contributed by atoms with Crippen LogP contribution in [0.1, 0.15) is 27.1 Å². The molecular weight excluding hydrogens is 270 g/mol. The monoisotopic (exact) mass is 281 g/mol. The van der Waals surface area contributed by atoms with Gasteiger partial charge in [0.25, 0.3) is 5.91 Å². The number of hydrogen-bond donors (Lipinski definition) is 2. The van der Waals surface area contributed by atoms with Crippen molar-refractivity contribution in [1.29, 1.82) is 0 Å². The summed E-state index contributed by atoms with van der Waals surface area (Å²) in [5.41, 5.74) is 10.3. The smallest absolute Gasteiger partial charge is 0.280 e. The lowest BCUT2D eigenvalue weighted by Gasteiger charge is -2.15. The first-order chi connectivity index (χ1) is 8.81. The fraction of sp³-hybridized carbons (Fsp3) is 0.182. The molecule has 0 bridgehead atoms. The first-order valence-corrected chi connectivity index (χ1v) is 7.00. The Labute approximate surface area is 109 Å². The quantitative estimate of drug-likeness (QED) is 0.524. The Balaban J connectivity index is 2.57. The Morgan fingerprint density at radius 3 is 2.58 bits per heavy atom. The fourth-order valence-electron chi connectivity index (χ4n) is 1.80. The van der Waals surface area contributed by atoms with Gasteiger partial charge in [0.2, 0.25) is 0 Å². The van der Waals surface area contributed by atoms with E-state index in [1.807, 2.05) is 0 Å². The largest absolute Gasteiger partial charge is 0.370 e. The standard InChI is InChI=1S/C11H11N3O4S/c12-11(13)14-10(16)6-1-2-7-8(15)3-4-19(17,18)9(7)5-6/h1-2,5H,3-4H2,(H4,12,13,14,16). The van der Waals surface area contributed by atoms with Gasteiger partial charge >= 0.3 is 0 Å². The summed E-state index contributed by atoms with van der Waals surface area (Å²) < 4.78 is 23.7. The maximum atomic E-state index is 11.9. The zero-order valence-corrected chi connectivity index (χ0v) is 10.6. The van der Waals surface area contributed by atoms with Crippen LogP contribution in [0.15, 0.2) is 28.1 Å². The Hall–Kier alpha value is -2.22. The van der Waals surface area contributed by atoms with E-state index in [9.17, 15) is 18.0 Å². The summed E-state index contributed by atoms with van der Waals surface area (Å²) in [5, 5.41) is 0. The molecule has 1 aromatic rings. The first kappa shape index (κ1) is 13.2. The maximum absolute atomic E-state index is 11.9. The van der Waals surface area contributed by atoms with Crippen LogP contribution in [0.5, 0.6) is 0 Å². The molecule has 0 spiro atoms. The molecule has 0 fully saturated rings. The predicted molar refractivity (Wildman–Crippen MR) is 67.6 cm³/mol. The Bertz CT molecular complexity index is 703. The minimum atomic E-state index is -3.54. The van der Waals surface area contributed by atoms with Crippen molar-refractivity contribution in [1.82, 2.24) is 0 Å². The molecule has 1 heterocycles. The van der Waals surface area contributed by atoms with Crippen molar-refractivity contribution in [2.45, 2.75) is 11.3 Å². The van der Waals surface area contributed by atoms with Crippen LogP contribution in [0.2, 0.25) is 0 Å². The molecule has 1 amide bonds. The molecule has 4 N–H and O–H groups in total.